The van der Waals surface area contributed by atoms with Gasteiger partial charge >= 0.3 is 0 Å². The lowest BCUT2D eigenvalue weighted by atomic mass is 10.0. The second kappa shape index (κ2) is 8.23. The van der Waals surface area contributed by atoms with Gasteiger partial charge in [-0.1, -0.05) is 12.1 Å². The summed E-state index contributed by atoms with van der Waals surface area (Å²) in [6, 6.07) is 16.0. The number of benzene rings is 1. The molecule has 1 aliphatic heterocycles. The molecule has 8 nitrogen and oxygen atoms in total. The third kappa shape index (κ3) is 4.02. The highest BCUT2D eigenvalue weighted by Gasteiger charge is 2.32. The number of nitrogens with two attached hydrogens (primary N) is 1. The molecule has 1 unspecified atom stereocenters. The zero-order valence-electron chi connectivity index (χ0n) is 17.3. The second-order valence-corrected chi connectivity index (χ2v) is 7.65. The first-order chi connectivity index (χ1) is 15.2. The van der Waals surface area contributed by atoms with E-state index in [1.807, 2.05) is 54.7 Å². The van der Waals surface area contributed by atoms with E-state index in [-0.39, 0.29) is 12.1 Å². The largest absolute Gasteiger partial charge is 0.497 e. The molecule has 0 saturated carbocycles. The Bertz CT molecular complexity index is 1180. The van der Waals surface area contributed by atoms with Gasteiger partial charge < -0.3 is 20.1 Å². The first-order valence-corrected chi connectivity index (χ1v) is 10.2. The van der Waals surface area contributed by atoms with Crippen molar-refractivity contribution >= 4 is 11.5 Å². The van der Waals surface area contributed by atoms with Crippen LogP contribution in [0.25, 0.3) is 5.65 Å². The van der Waals surface area contributed by atoms with E-state index in [2.05, 4.69) is 14.9 Å². The van der Waals surface area contributed by atoms with Crippen LogP contribution in [0, 0.1) is 0 Å². The molecule has 4 heterocycles. The molecule has 0 aliphatic carbocycles. The minimum atomic E-state index is 0.0714. The highest BCUT2D eigenvalue weighted by Crippen LogP contribution is 2.35. The van der Waals surface area contributed by atoms with E-state index in [9.17, 15) is 0 Å². The Morgan fingerprint density at radius 1 is 1.06 bits per heavy atom. The van der Waals surface area contributed by atoms with Gasteiger partial charge in [0, 0.05) is 37.2 Å². The van der Waals surface area contributed by atoms with E-state index in [0.717, 1.165) is 41.3 Å². The van der Waals surface area contributed by atoms with Crippen LogP contribution in [0.2, 0.25) is 0 Å². The fourth-order valence-corrected chi connectivity index (χ4v) is 3.99. The number of nitrogens with zero attached hydrogens (tertiary/aromatic N) is 5. The molecule has 0 amide bonds. The Morgan fingerprint density at radius 2 is 1.94 bits per heavy atom. The second-order valence-electron chi connectivity index (χ2n) is 7.65. The molecule has 4 aromatic rings. The van der Waals surface area contributed by atoms with Gasteiger partial charge in [0.2, 0.25) is 5.88 Å². The maximum Gasteiger partial charge on any atom is 0.213 e. The molecule has 2 atom stereocenters. The van der Waals surface area contributed by atoms with Crippen LogP contribution >= 0.6 is 0 Å². The van der Waals surface area contributed by atoms with Crippen LogP contribution < -0.4 is 20.1 Å². The summed E-state index contributed by atoms with van der Waals surface area (Å²) < 4.78 is 12.9. The van der Waals surface area contributed by atoms with E-state index in [4.69, 9.17) is 20.3 Å². The van der Waals surface area contributed by atoms with Crippen LogP contribution in [0.4, 0.5) is 5.82 Å². The SMILES string of the molecule is COc1ccc(COc2cc(C3C[C@H](N)CN3c3ccc4nccn4n3)ccn2)cc1. The number of aromatic nitrogens is 4. The molecule has 3 aromatic heterocycles. The van der Waals surface area contributed by atoms with Gasteiger partial charge in [-0.05, 0) is 47.9 Å². The monoisotopic (exact) mass is 416 g/mol. The van der Waals surface area contributed by atoms with Crippen molar-refractivity contribution < 1.29 is 9.47 Å². The van der Waals surface area contributed by atoms with Crippen LogP contribution in [-0.4, -0.2) is 39.3 Å². The summed E-state index contributed by atoms with van der Waals surface area (Å²) in [5, 5.41) is 4.71. The standard InChI is InChI=1S/C23H24N6O2/c1-30-19-4-2-16(3-5-19)15-31-23-12-17(8-9-26-23)20-13-18(24)14-28(20)22-7-6-21-25-10-11-29(21)27-22/h2-12,18,20H,13-15,24H2,1H3/t18-,20?/m0/s1. The van der Waals surface area contributed by atoms with Crippen molar-refractivity contribution in [1.29, 1.82) is 0 Å². The van der Waals surface area contributed by atoms with Crippen molar-refractivity contribution in [1.82, 2.24) is 19.6 Å². The lowest BCUT2D eigenvalue weighted by Gasteiger charge is -2.26. The third-order valence-corrected chi connectivity index (χ3v) is 5.56. The molecular weight excluding hydrogens is 392 g/mol. The fraction of sp³-hybridized carbons (Fsp3) is 0.261. The molecule has 8 heteroatoms. The predicted molar refractivity (Wildman–Crippen MR) is 117 cm³/mol. The Morgan fingerprint density at radius 3 is 2.77 bits per heavy atom. The van der Waals surface area contributed by atoms with Crippen LogP contribution in [0.5, 0.6) is 11.6 Å². The lowest BCUT2D eigenvalue weighted by molar-refractivity contribution is 0.293. The number of pyridine rings is 1. The molecule has 1 saturated heterocycles. The maximum atomic E-state index is 6.33. The summed E-state index contributed by atoms with van der Waals surface area (Å²) in [5.41, 5.74) is 9.32. The smallest absolute Gasteiger partial charge is 0.213 e. The summed E-state index contributed by atoms with van der Waals surface area (Å²) >= 11 is 0. The molecule has 0 radical (unpaired) electrons. The highest BCUT2D eigenvalue weighted by atomic mass is 16.5. The quantitative estimate of drug-likeness (QED) is 0.517. The van der Waals surface area contributed by atoms with E-state index >= 15 is 0 Å². The van der Waals surface area contributed by atoms with Crippen LogP contribution in [-0.2, 0) is 6.61 Å². The van der Waals surface area contributed by atoms with Gasteiger partial charge in [-0.3, -0.25) is 0 Å². The van der Waals surface area contributed by atoms with E-state index in [1.54, 1.807) is 24.0 Å². The molecule has 31 heavy (non-hydrogen) atoms. The Balaban J connectivity index is 1.35. The predicted octanol–water partition coefficient (Wildman–Crippen LogP) is 2.99. The summed E-state index contributed by atoms with van der Waals surface area (Å²) in [6.07, 6.45) is 6.22. The number of fused-ring (bicyclic) bond motifs is 1. The maximum absolute atomic E-state index is 6.33. The molecule has 1 fully saturated rings. The van der Waals surface area contributed by atoms with Crippen molar-refractivity contribution in [3.05, 3.63) is 78.2 Å². The highest BCUT2D eigenvalue weighted by molar-refractivity contribution is 5.49. The number of hydrogen-bond acceptors (Lipinski definition) is 7. The minimum absolute atomic E-state index is 0.0714. The van der Waals surface area contributed by atoms with E-state index < -0.39 is 0 Å². The average molecular weight is 416 g/mol. The van der Waals surface area contributed by atoms with Gasteiger partial charge in [0.1, 0.15) is 18.2 Å². The summed E-state index contributed by atoms with van der Waals surface area (Å²) in [7, 11) is 1.65. The van der Waals surface area contributed by atoms with Gasteiger partial charge in [0.05, 0.1) is 13.2 Å². The Hall–Kier alpha value is -3.65. The van der Waals surface area contributed by atoms with Crippen molar-refractivity contribution in [3.8, 4) is 11.6 Å². The fourth-order valence-electron chi connectivity index (χ4n) is 3.99. The van der Waals surface area contributed by atoms with Crippen molar-refractivity contribution in [3.63, 3.8) is 0 Å². The molecule has 1 aromatic carbocycles. The Kier molecular flexibility index (Phi) is 5.13. The van der Waals surface area contributed by atoms with Gasteiger partial charge in [-0.25, -0.2) is 14.5 Å². The number of anilines is 1. The number of imidazole rings is 1. The zero-order chi connectivity index (χ0) is 21.2. The van der Waals surface area contributed by atoms with Crippen molar-refractivity contribution in [2.75, 3.05) is 18.6 Å². The third-order valence-electron chi connectivity index (χ3n) is 5.56. The van der Waals surface area contributed by atoms with Gasteiger partial charge in [-0.15, -0.1) is 5.10 Å². The number of ether oxygens (including phenoxy) is 2. The molecular formula is C23H24N6O2. The minimum Gasteiger partial charge on any atom is -0.497 e. The zero-order valence-corrected chi connectivity index (χ0v) is 17.3. The first-order valence-electron chi connectivity index (χ1n) is 10.2. The molecule has 1 aliphatic rings. The van der Waals surface area contributed by atoms with E-state index in [0.29, 0.717) is 12.5 Å². The molecule has 0 bridgehead atoms. The molecule has 5 rings (SSSR count). The van der Waals surface area contributed by atoms with Gasteiger partial charge in [-0.2, -0.15) is 0 Å². The molecule has 2 N–H and O–H groups in total. The van der Waals surface area contributed by atoms with Gasteiger partial charge in [0.15, 0.2) is 5.65 Å². The van der Waals surface area contributed by atoms with Crippen LogP contribution in [0.1, 0.15) is 23.6 Å². The van der Waals surface area contributed by atoms with Crippen molar-refractivity contribution in [2.45, 2.75) is 25.1 Å². The van der Waals surface area contributed by atoms with Crippen LogP contribution in [0.15, 0.2) is 67.1 Å². The van der Waals surface area contributed by atoms with Crippen LogP contribution in [0.3, 0.4) is 0 Å². The topological polar surface area (TPSA) is 90.8 Å². The summed E-state index contributed by atoms with van der Waals surface area (Å²) in [4.78, 5) is 10.9. The lowest BCUT2D eigenvalue weighted by Crippen LogP contribution is -2.28. The number of hydrogen-bond donors (Lipinski definition) is 1. The molecule has 158 valence electrons. The molecule has 0 spiro atoms. The average Bonchev–Trinajstić information content (AvgIpc) is 3.44. The summed E-state index contributed by atoms with van der Waals surface area (Å²) in [6.45, 7) is 1.18. The normalized spacial score (nSPS) is 18.5. The van der Waals surface area contributed by atoms with Gasteiger partial charge in [0.25, 0.3) is 0 Å². The van der Waals surface area contributed by atoms with Crippen molar-refractivity contribution in [2.24, 2.45) is 5.73 Å². The van der Waals surface area contributed by atoms with E-state index in [1.165, 1.54) is 0 Å². The number of rotatable bonds is 6. The first kappa shape index (κ1) is 19.3. The Labute approximate surface area is 180 Å². The summed E-state index contributed by atoms with van der Waals surface area (Å²) in [5.74, 6) is 2.29. The number of methoxy groups -OCH3 is 1.